The third-order valence-electron chi connectivity index (χ3n) is 3.28. The summed E-state index contributed by atoms with van der Waals surface area (Å²) in [6, 6.07) is 7.42. The van der Waals surface area contributed by atoms with Crippen LogP contribution in [-0.4, -0.2) is 30.7 Å². The zero-order valence-corrected chi connectivity index (χ0v) is 13.3. The van der Waals surface area contributed by atoms with Gasteiger partial charge < -0.3 is 10.6 Å². The molecule has 0 spiro atoms. The van der Waals surface area contributed by atoms with E-state index in [1.165, 1.54) is 5.56 Å². The van der Waals surface area contributed by atoms with Gasteiger partial charge in [0.05, 0.1) is 6.54 Å². The van der Waals surface area contributed by atoms with Gasteiger partial charge in [-0.05, 0) is 18.4 Å². The minimum Gasteiger partial charge on any atom is -0.355 e. The number of carbonyl (C=O) groups excluding carboxylic acids is 3. The molecular formula is C17H24N2O3. The maximum Gasteiger partial charge on any atom is 0.239 e. The Balaban J connectivity index is 2.30. The summed E-state index contributed by atoms with van der Waals surface area (Å²) < 4.78 is 0. The second-order valence-electron chi connectivity index (χ2n) is 5.10. The van der Waals surface area contributed by atoms with E-state index in [9.17, 15) is 14.4 Å². The van der Waals surface area contributed by atoms with Crippen molar-refractivity contribution in [2.24, 2.45) is 0 Å². The number of aryl methyl sites for hydroxylation is 1. The molecular weight excluding hydrogens is 280 g/mol. The highest BCUT2D eigenvalue weighted by molar-refractivity contribution is 5.98. The zero-order chi connectivity index (χ0) is 16.4. The van der Waals surface area contributed by atoms with Crippen molar-refractivity contribution in [2.75, 3.05) is 13.1 Å². The lowest BCUT2D eigenvalue weighted by atomic mass is 10.0. The monoisotopic (exact) mass is 304 g/mol. The average Bonchev–Trinajstić information content (AvgIpc) is 2.55. The number of amides is 2. The van der Waals surface area contributed by atoms with Crippen molar-refractivity contribution >= 4 is 17.6 Å². The number of rotatable bonds is 9. The molecule has 5 nitrogen and oxygen atoms in total. The van der Waals surface area contributed by atoms with E-state index in [0.29, 0.717) is 12.1 Å². The molecule has 1 aromatic rings. The first-order valence-corrected chi connectivity index (χ1v) is 7.72. The van der Waals surface area contributed by atoms with Gasteiger partial charge in [-0.25, -0.2) is 0 Å². The molecule has 0 saturated carbocycles. The molecule has 0 unspecified atom stereocenters. The van der Waals surface area contributed by atoms with Crippen LogP contribution >= 0.6 is 0 Å². The second-order valence-corrected chi connectivity index (χ2v) is 5.10. The van der Waals surface area contributed by atoms with Crippen LogP contribution in [0, 0.1) is 0 Å². The molecule has 0 aliphatic heterocycles. The molecule has 0 saturated heterocycles. The van der Waals surface area contributed by atoms with Crippen molar-refractivity contribution in [3.05, 3.63) is 35.4 Å². The van der Waals surface area contributed by atoms with Gasteiger partial charge in [-0.2, -0.15) is 0 Å². The standard InChI is InChI=1S/C17H24N2O3/c1-3-11-18-17(22)12-19-16(21)10-9-15(20)14-7-5-13(4-2)6-8-14/h5-8H,3-4,9-12H2,1-2H3,(H,18,22)(H,19,21). The van der Waals surface area contributed by atoms with Crippen molar-refractivity contribution in [1.82, 2.24) is 10.6 Å². The highest BCUT2D eigenvalue weighted by Gasteiger charge is 2.10. The normalized spacial score (nSPS) is 10.1. The topological polar surface area (TPSA) is 75.3 Å². The van der Waals surface area contributed by atoms with E-state index in [0.717, 1.165) is 12.8 Å². The minimum absolute atomic E-state index is 0.0434. The molecule has 2 N–H and O–H groups in total. The van der Waals surface area contributed by atoms with E-state index in [-0.39, 0.29) is 37.0 Å². The molecule has 2 amide bonds. The first-order valence-electron chi connectivity index (χ1n) is 7.72. The summed E-state index contributed by atoms with van der Waals surface area (Å²) in [6.45, 7) is 4.56. The van der Waals surface area contributed by atoms with E-state index >= 15 is 0 Å². The Labute approximate surface area is 131 Å². The van der Waals surface area contributed by atoms with Gasteiger partial charge in [-0.15, -0.1) is 0 Å². The summed E-state index contributed by atoms with van der Waals surface area (Å²) in [5, 5.41) is 5.18. The van der Waals surface area contributed by atoms with Crippen molar-refractivity contribution in [2.45, 2.75) is 39.5 Å². The number of hydrogen-bond acceptors (Lipinski definition) is 3. The molecule has 0 heterocycles. The van der Waals surface area contributed by atoms with E-state index < -0.39 is 0 Å². The largest absolute Gasteiger partial charge is 0.355 e. The molecule has 1 rings (SSSR count). The Morgan fingerprint density at radius 2 is 1.59 bits per heavy atom. The highest BCUT2D eigenvalue weighted by atomic mass is 16.2. The van der Waals surface area contributed by atoms with Gasteiger partial charge in [0.15, 0.2) is 5.78 Å². The van der Waals surface area contributed by atoms with Gasteiger partial charge in [0.2, 0.25) is 11.8 Å². The van der Waals surface area contributed by atoms with E-state index in [1.807, 2.05) is 19.1 Å². The molecule has 0 aromatic heterocycles. The molecule has 0 atom stereocenters. The summed E-state index contributed by atoms with van der Waals surface area (Å²) in [5.74, 6) is -0.560. The van der Waals surface area contributed by atoms with Crippen LogP contribution in [0.2, 0.25) is 0 Å². The Kier molecular flexibility index (Phi) is 7.89. The number of benzene rings is 1. The maximum absolute atomic E-state index is 12.0. The summed E-state index contributed by atoms with van der Waals surface area (Å²) in [5.41, 5.74) is 1.79. The van der Waals surface area contributed by atoms with Gasteiger partial charge in [-0.1, -0.05) is 38.1 Å². The second kappa shape index (κ2) is 9.71. The summed E-state index contributed by atoms with van der Waals surface area (Å²) in [6.07, 6.45) is 2.02. The highest BCUT2D eigenvalue weighted by Crippen LogP contribution is 2.08. The zero-order valence-electron chi connectivity index (χ0n) is 13.3. The number of ketones is 1. The van der Waals surface area contributed by atoms with E-state index in [2.05, 4.69) is 17.6 Å². The number of Topliss-reactive ketones (excluding diaryl/α,β-unsaturated/α-hetero) is 1. The number of carbonyl (C=O) groups is 3. The first-order chi connectivity index (χ1) is 10.6. The predicted octanol–water partition coefficient (Wildman–Crippen LogP) is 1.85. The fourth-order valence-corrected chi connectivity index (χ4v) is 1.89. The SMILES string of the molecule is CCCNC(=O)CNC(=O)CCC(=O)c1ccc(CC)cc1. The van der Waals surface area contributed by atoms with Crippen LogP contribution in [0.1, 0.15) is 49.0 Å². The molecule has 0 fully saturated rings. The summed E-state index contributed by atoms with van der Waals surface area (Å²) in [4.78, 5) is 34.9. The minimum atomic E-state index is -0.287. The fraction of sp³-hybridized carbons (Fsp3) is 0.471. The molecule has 5 heteroatoms. The Bertz CT molecular complexity index is 509. The Hall–Kier alpha value is -2.17. The van der Waals surface area contributed by atoms with Crippen LogP contribution in [0.5, 0.6) is 0 Å². The molecule has 0 aliphatic carbocycles. The van der Waals surface area contributed by atoms with Gasteiger partial charge in [-0.3, -0.25) is 14.4 Å². The van der Waals surface area contributed by atoms with Crippen molar-refractivity contribution in [1.29, 1.82) is 0 Å². The Morgan fingerprint density at radius 1 is 0.909 bits per heavy atom. The van der Waals surface area contributed by atoms with Crippen LogP contribution in [-0.2, 0) is 16.0 Å². The number of hydrogen-bond donors (Lipinski definition) is 2. The van der Waals surface area contributed by atoms with Gasteiger partial charge in [0.25, 0.3) is 0 Å². The molecule has 0 bridgehead atoms. The van der Waals surface area contributed by atoms with Crippen molar-refractivity contribution in [3.63, 3.8) is 0 Å². The maximum atomic E-state index is 12.0. The van der Waals surface area contributed by atoms with E-state index in [1.54, 1.807) is 12.1 Å². The number of nitrogens with one attached hydrogen (secondary N) is 2. The smallest absolute Gasteiger partial charge is 0.239 e. The van der Waals surface area contributed by atoms with Crippen molar-refractivity contribution in [3.8, 4) is 0 Å². The molecule has 22 heavy (non-hydrogen) atoms. The van der Waals surface area contributed by atoms with Crippen LogP contribution in [0.15, 0.2) is 24.3 Å². The Morgan fingerprint density at radius 3 is 2.18 bits per heavy atom. The third kappa shape index (κ3) is 6.52. The fourth-order valence-electron chi connectivity index (χ4n) is 1.89. The van der Waals surface area contributed by atoms with Gasteiger partial charge in [0.1, 0.15) is 0 Å². The lowest BCUT2D eigenvalue weighted by Gasteiger charge is -2.06. The van der Waals surface area contributed by atoms with Gasteiger partial charge >= 0.3 is 0 Å². The summed E-state index contributed by atoms with van der Waals surface area (Å²) >= 11 is 0. The quantitative estimate of drug-likeness (QED) is 0.684. The van der Waals surface area contributed by atoms with Gasteiger partial charge in [0, 0.05) is 24.9 Å². The van der Waals surface area contributed by atoms with Crippen LogP contribution in [0.25, 0.3) is 0 Å². The van der Waals surface area contributed by atoms with Crippen LogP contribution in [0.4, 0.5) is 0 Å². The van der Waals surface area contributed by atoms with Crippen LogP contribution in [0.3, 0.4) is 0 Å². The molecule has 0 radical (unpaired) electrons. The average molecular weight is 304 g/mol. The lowest BCUT2D eigenvalue weighted by Crippen LogP contribution is -2.37. The van der Waals surface area contributed by atoms with Crippen molar-refractivity contribution < 1.29 is 14.4 Å². The molecule has 1 aromatic carbocycles. The first kappa shape index (κ1) is 17.9. The predicted molar refractivity (Wildman–Crippen MR) is 85.7 cm³/mol. The third-order valence-corrected chi connectivity index (χ3v) is 3.28. The molecule has 0 aliphatic rings. The lowest BCUT2D eigenvalue weighted by molar-refractivity contribution is -0.126. The molecule has 120 valence electrons. The summed E-state index contributed by atoms with van der Waals surface area (Å²) in [7, 11) is 0. The van der Waals surface area contributed by atoms with E-state index in [4.69, 9.17) is 0 Å². The van der Waals surface area contributed by atoms with Crippen LogP contribution < -0.4 is 10.6 Å².